The van der Waals surface area contributed by atoms with Crippen LogP contribution in [-0.2, 0) is 0 Å². The average molecular weight is 268 g/mol. The fourth-order valence-corrected chi connectivity index (χ4v) is 3.72. The summed E-state index contributed by atoms with van der Waals surface area (Å²) >= 11 is 0. The molecule has 2 heteroatoms. The van der Waals surface area contributed by atoms with Gasteiger partial charge in [0.1, 0.15) is 5.82 Å². The van der Waals surface area contributed by atoms with Crippen LogP contribution in [-0.4, -0.2) is 9.55 Å². The van der Waals surface area contributed by atoms with Crippen LogP contribution in [0, 0.1) is 20.8 Å². The summed E-state index contributed by atoms with van der Waals surface area (Å²) in [6.07, 6.45) is 10.8. The highest BCUT2D eigenvalue weighted by Crippen LogP contribution is 2.34. The molecule has 1 aliphatic carbocycles. The maximum atomic E-state index is 4.68. The lowest BCUT2D eigenvalue weighted by molar-refractivity contribution is 0.425. The van der Waals surface area contributed by atoms with Crippen LogP contribution in [0.1, 0.15) is 60.5 Å². The van der Waals surface area contributed by atoms with E-state index < -0.39 is 0 Å². The van der Waals surface area contributed by atoms with Crippen LogP contribution in [0.2, 0.25) is 0 Å². The van der Waals surface area contributed by atoms with E-state index in [9.17, 15) is 0 Å². The summed E-state index contributed by atoms with van der Waals surface area (Å²) < 4.78 is 2.33. The standard InChI is InChI=1S/C18H24N2/c1-13-11-14(2)17(15(3)12-13)20-10-9-19-18(20)16-7-5-4-6-8-16/h9-12,16H,4-8H2,1-3H3. The number of aryl methyl sites for hydroxylation is 3. The number of nitrogens with zero attached hydrogens (tertiary/aromatic N) is 2. The quantitative estimate of drug-likeness (QED) is 0.761. The predicted molar refractivity (Wildman–Crippen MR) is 83.6 cm³/mol. The topological polar surface area (TPSA) is 17.8 Å². The highest BCUT2D eigenvalue weighted by atomic mass is 15.1. The molecule has 1 aliphatic rings. The van der Waals surface area contributed by atoms with E-state index in [1.807, 2.05) is 6.20 Å². The van der Waals surface area contributed by atoms with E-state index in [4.69, 9.17) is 0 Å². The van der Waals surface area contributed by atoms with Crippen molar-refractivity contribution in [2.45, 2.75) is 58.8 Å². The number of hydrogen-bond acceptors (Lipinski definition) is 1. The van der Waals surface area contributed by atoms with Crippen LogP contribution in [0.15, 0.2) is 24.5 Å². The maximum Gasteiger partial charge on any atom is 0.116 e. The van der Waals surface area contributed by atoms with E-state index in [0.29, 0.717) is 5.92 Å². The summed E-state index contributed by atoms with van der Waals surface area (Å²) in [6.45, 7) is 6.58. The third-order valence-electron chi connectivity index (χ3n) is 4.52. The average Bonchev–Trinajstić information content (AvgIpc) is 2.87. The normalized spacial score (nSPS) is 16.6. The van der Waals surface area contributed by atoms with Gasteiger partial charge in [-0.05, 0) is 44.7 Å². The van der Waals surface area contributed by atoms with E-state index in [-0.39, 0.29) is 0 Å². The maximum absolute atomic E-state index is 4.68. The molecule has 3 rings (SSSR count). The van der Waals surface area contributed by atoms with E-state index in [0.717, 1.165) is 0 Å². The van der Waals surface area contributed by atoms with E-state index in [2.05, 4.69) is 48.7 Å². The highest BCUT2D eigenvalue weighted by molar-refractivity contribution is 5.50. The minimum atomic E-state index is 0.638. The summed E-state index contributed by atoms with van der Waals surface area (Å²) in [5.41, 5.74) is 5.35. The number of rotatable bonds is 2. The molecule has 0 radical (unpaired) electrons. The van der Waals surface area contributed by atoms with E-state index >= 15 is 0 Å². The SMILES string of the molecule is Cc1cc(C)c(-n2ccnc2C2CCCCC2)c(C)c1. The van der Waals surface area contributed by atoms with Crippen molar-refractivity contribution in [3.8, 4) is 5.69 Å². The monoisotopic (exact) mass is 268 g/mol. The van der Waals surface area contributed by atoms with Crippen LogP contribution >= 0.6 is 0 Å². The van der Waals surface area contributed by atoms with Crippen LogP contribution < -0.4 is 0 Å². The smallest absolute Gasteiger partial charge is 0.116 e. The fraction of sp³-hybridized carbons (Fsp3) is 0.500. The van der Waals surface area contributed by atoms with Gasteiger partial charge < -0.3 is 4.57 Å². The summed E-state index contributed by atoms with van der Waals surface area (Å²) in [5.74, 6) is 1.90. The van der Waals surface area contributed by atoms with Crippen LogP contribution in [0.3, 0.4) is 0 Å². The molecule has 1 aromatic carbocycles. The molecule has 0 atom stereocenters. The second-order valence-electron chi connectivity index (χ2n) is 6.24. The van der Waals surface area contributed by atoms with Gasteiger partial charge in [0.05, 0.1) is 5.69 Å². The van der Waals surface area contributed by atoms with Gasteiger partial charge in [0, 0.05) is 18.3 Å². The van der Waals surface area contributed by atoms with Crippen molar-refractivity contribution < 1.29 is 0 Å². The molecular weight excluding hydrogens is 244 g/mol. The fourth-order valence-electron chi connectivity index (χ4n) is 3.72. The molecule has 0 amide bonds. The van der Waals surface area contributed by atoms with Gasteiger partial charge >= 0.3 is 0 Å². The number of benzene rings is 1. The predicted octanol–water partition coefficient (Wildman–Crippen LogP) is 4.85. The molecule has 0 spiro atoms. The minimum Gasteiger partial charge on any atom is -0.303 e. The Bertz CT molecular complexity index is 581. The van der Waals surface area contributed by atoms with Crippen molar-refractivity contribution in [1.82, 2.24) is 9.55 Å². The summed E-state index contributed by atoms with van der Waals surface area (Å²) in [6, 6.07) is 4.54. The van der Waals surface area contributed by atoms with Gasteiger partial charge in [0.15, 0.2) is 0 Å². The molecule has 0 N–H and O–H groups in total. The number of hydrogen-bond donors (Lipinski definition) is 0. The van der Waals surface area contributed by atoms with Gasteiger partial charge in [-0.25, -0.2) is 4.98 Å². The first kappa shape index (κ1) is 13.4. The molecule has 1 aromatic heterocycles. The highest BCUT2D eigenvalue weighted by Gasteiger charge is 2.21. The summed E-state index contributed by atoms with van der Waals surface area (Å²) in [5, 5.41) is 0. The third kappa shape index (κ3) is 2.39. The third-order valence-corrected chi connectivity index (χ3v) is 4.52. The first-order valence-corrected chi connectivity index (χ1v) is 7.78. The molecule has 0 unspecified atom stereocenters. The van der Waals surface area contributed by atoms with Gasteiger partial charge in [-0.2, -0.15) is 0 Å². The van der Waals surface area contributed by atoms with E-state index in [1.54, 1.807) is 0 Å². The van der Waals surface area contributed by atoms with Crippen molar-refractivity contribution in [3.05, 3.63) is 47.0 Å². The Morgan fingerprint density at radius 3 is 2.30 bits per heavy atom. The molecule has 1 heterocycles. The van der Waals surface area contributed by atoms with Crippen LogP contribution in [0.5, 0.6) is 0 Å². The molecule has 2 nitrogen and oxygen atoms in total. The zero-order chi connectivity index (χ0) is 14.1. The van der Waals surface area contributed by atoms with Crippen LogP contribution in [0.4, 0.5) is 0 Å². The Morgan fingerprint density at radius 1 is 1.00 bits per heavy atom. The molecule has 106 valence electrons. The molecule has 20 heavy (non-hydrogen) atoms. The molecule has 0 bridgehead atoms. The second kappa shape index (κ2) is 5.43. The largest absolute Gasteiger partial charge is 0.303 e. The molecule has 1 fully saturated rings. The van der Waals surface area contributed by atoms with Crippen molar-refractivity contribution >= 4 is 0 Å². The first-order chi connectivity index (χ1) is 9.66. The van der Waals surface area contributed by atoms with E-state index in [1.165, 1.54) is 60.3 Å². The Kier molecular flexibility index (Phi) is 3.64. The lowest BCUT2D eigenvalue weighted by atomic mass is 9.88. The van der Waals surface area contributed by atoms with Gasteiger partial charge in [-0.15, -0.1) is 0 Å². The zero-order valence-corrected chi connectivity index (χ0v) is 12.8. The van der Waals surface area contributed by atoms with Gasteiger partial charge in [0.25, 0.3) is 0 Å². The molecular formula is C18H24N2. The first-order valence-electron chi connectivity index (χ1n) is 7.78. The van der Waals surface area contributed by atoms with Crippen molar-refractivity contribution in [1.29, 1.82) is 0 Å². The Balaban J connectivity index is 2.05. The van der Waals surface area contributed by atoms with Crippen molar-refractivity contribution in [2.24, 2.45) is 0 Å². The Morgan fingerprint density at radius 2 is 1.65 bits per heavy atom. The minimum absolute atomic E-state index is 0.638. The number of aromatic nitrogens is 2. The van der Waals surface area contributed by atoms with Crippen molar-refractivity contribution in [3.63, 3.8) is 0 Å². The van der Waals surface area contributed by atoms with Crippen LogP contribution in [0.25, 0.3) is 5.69 Å². The summed E-state index contributed by atoms with van der Waals surface area (Å²) in [7, 11) is 0. The van der Waals surface area contributed by atoms with Gasteiger partial charge in [-0.3, -0.25) is 0 Å². The molecule has 1 saturated carbocycles. The molecule has 2 aromatic rings. The Labute approximate surface area is 121 Å². The van der Waals surface area contributed by atoms with Crippen molar-refractivity contribution in [2.75, 3.05) is 0 Å². The van der Waals surface area contributed by atoms with Gasteiger partial charge in [0.2, 0.25) is 0 Å². The molecule has 0 saturated heterocycles. The second-order valence-corrected chi connectivity index (χ2v) is 6.24. The Hall–Kier alpha value is -1.57. The molecule has 0 aliphatic heterocycles. The lowest BCUT2D eigenvalue weighted by Crippen LogP contribution is -2.12. The zero-order valence-electron chi connectivity index (χ0n) is 12.8. The van der Waals surface area contributed by atoms with Gasteiger partial charge in [-0.1, -0.05) is 37.0 Å². The number of imidazole rings is 1. The summed E-state index contributed by atoms with van der Waals surface area (Å²) in [4.78, 5) is 4.68. The lowest BCUT2D eigenvalue weighted by Gasteiger charge is -2.23.